The molecule has 1 atom stereocenters. The van der Waals surface area contributed by atoms with E-state index in [9.17, 15) is 0 Å². The van der Waals surface area contributed by atoms with Gasteiger partial charge in [-0.05, 0) is 31.7 Å². The zero-order valence-electron chi connectivity index (χ0n) is 8.63. The number of thioether (sulfide) groups is 1. The molecule has 14 heavy (non-hydrogen) atoms. The van der Waals surface area contributed by atoms with Gasteiger partial charge in [0, 0.05) is 28.9 Å². The Labute approximate surface area is 89.5 Å². The SMILES string of the molecule is CNCC1CSc2ccc(C)cc2N1. The largest absolute Gasteiger partial charge is 0.379 e. The van der Waals surface area contributed by atoms with Crippen molar-refractivity contribution in [2.24, 2.45) is 0 Å². The van der Waals surface area contributed by atoms with Crippen LogP contribution in [0.4, 0.5) is 5.69 Å². The minimum atomic E-state index is 0.555. The Kier molecular flexibility index (Phi) is 2.99. The van der Waals surface area contributed by atoms with Gasteiger partial charge in [0.2, 0.25) is 0 Å². The molecule has 2 nitrogen and oxygen atoms in total. The van der Waals surface area contributed by atoms with E-state index >= 15 is 0 Å². The topological polar surface area (TPSA) is 24.1 Å². The predicted molar refractivity (Wildman–Crippen MR) is 63.2 cm³/mol. The van der Waals surface area contributed by atoms with Crippen LogP contribution in [0.15, 0.2) is 23.1 Å². The van der Waals surface area contributed by atoms with Gasteiger partial charge < -0.3 is 10.6 Å². The number of anilines is 1. The van der Waals surface area contributed by atoms with E-state index in [1.54, 1.807) is 0 Å². The van der Waals surface area contributed by atoms with E-state index in [-0.39, 0.29) is 0 Å². The third kappa shape index (κ3) is 2.04. The molecule has 0 aromatic heterocycles. The first-order valence-electron chi connectivity index (χ1n) is 4.94. The van der Waals surface area contributed by atoms with Crippen molar-refractivity contribution in [1.29, 1.82) is 0 Å². The fourth-order valence-electron chi connectivity index (χ4n) is 1.69. The molecule has 0 aliphatic carbocycles. The van der Waals surface area contributed by atoms with Crippen LogP contribution in [0, 0.1) is 6.92 Å². The summed E-state index contributed by atoms with van der Waals surface area (Å²) in [5.41, 5.74) is 2.61. The maximum absolute atomic E-state index is 3.56. The number of likely N-dealkylation sites (N-methyl/N-ethyl adjacent to an activating group) is 1. The number of benzene rings is 1. The van der Waals surface area contributed by atoms with Gasteiger partial charge in [-0.25, -0.2) is 0 Å². The highest BCUT2D eigenvalue weighted by atomic mass is 32.2. The summed E-state index contributed by atoms with van der Waals surface area (Å²) in [7, 11) is 2.00. The van der Waals surface area contributed by atoms with Crippen LogP contribution >= 0.6 is 11.8 Å². The summed E-state index contributed by atoms with van der Waals surface area (Å²) in [6.45, 7) is 3.16. The summed E-state index contributed by atoms with van der Waals surface area (Å²) in [5, 5.41) is 6.76. The molecular weight excluding hydrogens is 192 g/mol. The van der Waals surface area contributed by atoms with Crippen LogP contribution in [0.5, 0.6) is 0 Å². The first kappa shape index (κ1) is 9.87. The number of fused-ring (bicyclic) bond motifs is 1. The lowest BCUT2D eigenvalue weighted by molar-refractivity contribution is 0.702. The highest BCUT2D eigenvalue weighted by Gasteiger charge is 2.16. The second kappa shape index (κ2) is 4.24. The van der Waals surface area contributed by atoms with Crippen LogP contribution in [-0.2, 0) is 0 Å². The van der Waals surface area contributed by atoms with Gasteiger partial charge in [0.05, 0.1) is 0 Å². The van der Waals surface area contributed by atoms with Gasteiger partial charge in [-0.3, -0.25) is 0 Å². The van der Waals surface area contributed by atoms with Crippen molar-refractivity contribution in [3.8, 4) is 0 Å². The summed E-state index contributed by atoms with van der Waals surface area (Å²) in [6.07, 6.45) is 0. The van der Waals surface area contributed by atoms with Gasteiger partial charge in [-0.15, -0.1) is 11.8 Å². The third-order valence-electron chi connectivity index (χ3n) is 2.39. The van der Waals surface area contributed by atoms with E-state index in [0.717, 1.165) is 12.3 Å². The van der Waals surface area contributed by atoms with E-state index in [1.165, 1.54) is 16.1 Å². The molecule has 2 rings (SSSR count). The molecule has 0 spiro atoms. The molecule has 1 aromatic carbocycles. The van der Waals surface area contributed by atoms with Gasteiger partial charge >= 0.3 is 0 Å². The van der Waals surface area contributed by atoms with Gasteiger partial charge in [0.1, 0.15) is 0 Å². The zero-order chi connectivity index (χ0) is 9.97. The summed E-state index contributed by atoms with van der Waals surface area (Å²) in [4.78, 5) is 1.38. The number of nitrogens with one attached hydrogen (secondary N) is 2. The van der Waals surface area contributed by atoms with Crippen molar-refractivity contribution in [2.45, 2.75) is 17.9 Å². The molecule has 1 aliphatic heterocycles. The smallest absolute Gasteiger partial charge is 0.0483 e. The van der Waals surface area contributed by atoms with Crippen molar-refractivity contribution in [1.82, 2.24) is 5.32 Å². The highest BCUT2D eigenvalue weighted by Crippen LogP contribution is 2.33. The van der Waals surface area contributed by atoms with Crippen LogP contribution in [0.2, 0.25) is 0 Å². The van der Waals surface area contributed by atoms with Crippen LogP contribution in [0.1, 0.15) is 5.56 Å². The van der Waals surface area contributed by atoms with Crippen molar-refractivity contribution < 1.29 is 0 Å². The Hall–Kier alpha value is -0.670. The lowest BCUT2D eigenvalue weighted by Crippen LogP contribution is -2.35. The molecule has 1 unspecified atom stereocenters. The van der Waals surface area contributed by atoms with E-state index in [2.05, 4.69) is 35.8 Å². The monoisotopic (exact) mass is 208 g/mol. The normalized spacial score (nSPS) is 20.0. The minimum Gasteiger partial charge on any atom is -0.379 e. The van der Waals surface area contributed by atoms with Gasteiger partial charge in [0.25, 0.3) is 0 Å². The first-order chi connectivity index (χ1) is 6.79. The van der Waals surface area contributed by atoms with Crippen molar-refractivity contribution >= 4 is 17.4 Å². The van der Waals surface area contributed by atoms with E-state index in [4.69, 9.17) is 0 Å². The standard InChI is InChI=1S/C11H16N2S/c1-8-3-4-11-10(5-8)13-9(6-12-2)7-14-11/h3-5,9,12-13H,6-7H2,1-2H3. The zero-order valence-corrected chi connectivity index (χ0v) is 9.45. The van der Waals surface area contributed by atoms with E-state index in [0.29, 0.717) is 6.04 Å². The molecular formula is C11H16N2S. The van der Waals surface area contributed by atoms with Crippen LogP contribution in [0.25, 0.3) is 0 Å². The predicted octanol–water partition coefficient (Wildman–Crippen LogP) is 2.10. The highest BCUT2D eigenvalue weighted by molar-refractivity contribution is 7.99. The average molecular weight is 208 g/mol. The third-order valence-corrected chi connectivity index (χ3v) is 3.62. The Bertz CT molecular complexity index is 325. The Balaban J connectivity index is 2.16. The molecule has 2 N–H and O–H groups in total. The van der Waals surface area contributed by atoms with Gasteiger partial charge in [-0.2, -0.15) is 0 Å². The molecule has 0 radical (unpaired) electrons. The number of rotatable bonds is 2. The van der Waals surface area contributed by atoms with Crippen LogP contribution < -0.4 is 10.6 Å². The molecule has 0 saturated heterocycles. The molecule has 0 bridgehead atoms. The average Bonchev–Trinajstić information content (AvgIpc) is 2.17. The molecule has 3 heteroatoms. The lowest BCUT2D eigenvalue weighted by Gasteiger charge is -2.26. The molecule has 1 aliphatic rings. The molecule has 76 valence electrons. The maximum atomic E-state index is 3.56. The van der Waals surface area contributed by atoms with E-state index in [1.807, 2.05) is 18.8 Å². The van der Waals surface area contributed by atoms with Gasteiger partial charge in [-0.1, -0.05) is 6.07 Å². The maximum Gasteiger partial charge on any atom is 0.0483 e. The van der Waals surface area contributed by atoms with E-state index < -0.39 is 0 Å². The summed E-state index contributed by atoms with van der Waals surface area (Å²) >= 11 is 1.94. The van der Waals surface area contributed by atoms with Crippen molar-refractivity contribution in [3.63, 3.8) is 0 Å². The second-order valence-electron chi connectivity index (χ2n) is 3.71. The van der Waals surface area contributed by atoms with Crippen LogP contribution in [0.3, 0.4) is 0 Å². The fourth-order valence-corrected chi connectivity index (χ4v) is 2.71. The molecule has 1 heterocycles. The fraction of sp³-hybridized carbons (Fsp3) is 0.455. The number of hydrogen-bond acceptors (Lipinski definition) is 3. The van der Waals surface area contributed by atoms with Gasteiger partial charge in [0.15, 0.2) is 0 Å². The Morgan fingerprint density at radius 2 is 2.43 bits per heavy atom. The summed E-state index contributed by atoms with van der Waals surface area (Å²) < 4.78 is 0. The first-order valence-corrected chi connectivity index (χ1v) is 5.93. The van der Waals surface area contributed by atoms with Crippen molar-refractivity contribution in [2.75, 3.05) is 24.7 Å². The molecule has 0 saturated carbocycles. The molecule has 0 amide bonds. The minimum absolute atomic E-state index is 0.555. The second-order valence-corrected chi connectivity index (χ2v) is 4.77. The summed E-state index contributed by atoms with van der Waals surface area (Å²) in [5.74, 6) is 1.15. The Morgan fingerprint density at radius 1 is 1.57 bits per heavy atom. The quantitative estimate of drug-likeness (QED) is 0.778. The van der Waals surface area contributed by atoms with Crippen LogP contribution in [-0.4, -0.2) is 25.4 Å². The molecule has 1 aromatic rings. The molecule has 0 fully saturated rings. The Morgan fingerprint density at radius 3 is 3.21 bits per heavy atom. The number of hydrogen-bond donors (Lipinski definition) is 2. The number of aryl methyl sites for hydroxylation is 1. The van der Waals surface area contributed by atoms with Crippen molar-refractivity contribution in [3.05, 3.63) is 23.8 Å². The summed E-state index contributed by atoms with van der Waals surface area (Å²) in [6, 6.07) is 7.16. The lowest BCUT2D eigenvalue weighted by atomic mass is 10.2.